The average molecular weight is 250 g/mol. The first-order chi connectivity index (χ1) is 8.66. The molecule has 1 aromatic rings. The van der Waals surface area contributed by atoms with Gasteiger partial charge in [-0.1, -0.05) is 19.3 Å². The van der Waals surface area contributed by atoms with E-state index in [4.69, 9.17) is 10.5 Å². The summed E-state index contributed by atoms with van der Waals surface area (Å²) in [6, 6.07) is 4.61. The molecule has 5 nitrogen and oxygen atoms in total. The molecule has 0 bridgehead atoms. The van der Waals surface area contributed by atoms with Gasteiger partial charge in [0.25, 0.3) is 5.69 Å². The highest BCUT2D eigenvalue weighted by Gasteiger charge is 2.16. The van der Waals surface area contributed by atoms with Gasteiger partial charge in [0.15, 0.2) is 0 Å². The number of hydrogen-bond acceptors (Lipinski definition) is 4. The minimum Gasteiger partial charge on any atom is -0.493 e. The molecule has 18 heavy (non-hydrogen) atoms. The summed E-state index contributed by atoms with van der Waals surface area (Å²) in [6.45, 7) is 0.640. The second kappa shape index (κ2) is 5.71. The van der Waals surface area contributed by atoms with E-state index in [1.807, 2.05) is 0 Å². The second-order valence-electron chi connectivity index (χ2n) is 4.79. The van der Waals surface area contributed by atoms with Crippen molar-refractivity contribution in [3.8, 4) is 5.75 Å². The molecule has 0 saturated heterocycles. The Morgan fingerprint density at radius 2 is 2.06 bits per heavy atom. The van der Waals surface area contributed by atoms with Crippen LogP contribution in [0.3, 0.4) is 0 Å². The van der Waals surface area contributed by atoms with Gasteiger partial charge in [0.05, 0.1) is 17.6 Å². The maximum absolute atomic E-state index is 10.7. The number of rotatable bonds is 4. The summed E-state index contributed by atoms with van der Waals surface area (Å²) in [7, 11) is 0. The highest BCUT2D eigenvalue weighted by molar-refractivity contribution is 5.60. The smallest absolute Gasteiger partial charge is 0.295 e. The van der Waals surface area contributed by atoms with Gasteiger partial charge in [-0.3, -0.25) is 10.1 Å². The molecule has 2 rings (SSSR count). The Balaban J connectivity index is 1.96. The molecule has 0 amide bonds. The third-order valence-electron chi connectivity index (χ3n) is 3.41. The zero-order chi connectivity index (χ0) is 13.0. The van der Waals surface area contributed by atoms with Crippen molar-refractivity contribution in [1.29, 1.82) is 0 Å². The summed E-state index contributed by atoms with van der Waals surface area (Å²) in [5, 5.41) is 10.7. The van der Waals surface area contributed by atoms with Crippen LogP contribution in [-0.2, 0) is 0 Å². The van der Waals surface area contributed by atoms with Gasteiger partial charge in [0, 0.05) is 0 Å². The van der Waals surface area contributed by atoms with Crippen molar-refractivity contribution >= 4 is 11.4 Å². The average Bonchev–Trinajstić information content (AvgIpc) is 2.38. The quantitative estimate of drug-likeness (QED) is 0.506. The summed E-state index contributed by atoms with van der Waals surface area (Å²) in [4.78, 5) is 10.3. The standard InChI is InChI=1S/C13H18N2O3/c14-12-7-6-11(8-13(12)15(16)17)18-9-10-4-2-1-3-5-10/h6-8,10H,1-5,9,14H2. The Morgan fingerprint density at radius 1 is 1.33 bits per heavy atom. The number of benzene rings is 1. The van der Waals surface area contributed by atoms with E-state index < -0.39 is 4.92 Å². The Labute approximate surface area is 106 Å². The Bertz CT molecular complexity index is 428. The predicted octanol–water partition coefficient (Wildman–Crippen LogP) is 3.14. The van der Waals surface area contributed by atoms with E-state index in [9.17, 15) is 10.1 Å². The zero-order valence-corrected chi connectivity index (χ0v) is 10.3. The van der Waals surface area contributed by atoms with Crippen molar-refractivity contribution < 1.29 is 9.66 Å². The lowest BCUT2D eigenvalue weighted by Gasteiger charge is -2.21. The molecule has 98 valence electrons. The molecule has 1 saturated carbocycles. The number of anilines is 1. The fourth-order valence-electron chi connectivity index (χ4n) is 2.34. The van der Waals surface area contributed by atoms with Gasteiger partial charge in [-0.2, -0.15) is 0 Å². The first kappa shape index (κ1) is 12.7. The molecule has 0 aliphatic heterocycles. The molecular weight excluding hydrogens is 232 g/mol. The van der Waals surface area contributed by atoms with E-state index in [-0.39, 0.29) is 11.4 Å². The second-order valence-corrected chi connectivity index (χ2v) is 4.79. The number of nitrogens with zero attached hydrogens (tertiary/aromatic N) is 1. The largest absolute Gasteiger partial charge is 0.493 e. The molecule has 0 aromatic heterocycles. The predicted molar refractivity (Wildman–Crippen MR) is 69.6 cm³/mol. The lowest BCUT2D eigenvalue weighted by Crippen LogP contribution is -2.15. The number of ether oxygens (including phenoxy) is 1. The molecule has 0 atom stereocenters. The highest BCUT2D eigenvalue weighted by Crippen LogP contribution is 2.28. The van der Waals surface area contributed by atoms with Crippen molar-refractivity contribution in [2.75, 3.05) is 12.3 Å². The minimum absolute atomic E-state index is 0.0869. The van der Waals surface area contributed by atoms with E-state index in [1.165, 1.54) is 44.2 Å². The van der Waals surface area contributed by atoms with Gasteiger partial charge in [0.1, 0.15) is 11.4 Å². The van der Waals surface area contributed by atoms with Crippen LogP contribution < -0.4 is 10.5 Å². The minimum atomic E-state index is -0.483. The zero-order valence-electron chi connectivity index (χ0n) is 10.3. The normalized spacial score (nSPS) is 16.4. The molecular formula is C13H18N2O3. The SMILES string of the molecule is Nc1ccc(OCC2CCCCC2)cc1[N+](=O)[O-]. The first-order valence-corrected chi connectivity index (χ1v) is 6.33. The molecule has 2 N–H and O–H groups in total. The Kier molecular flexibility index (Phi) is 4.02. The molecule has 0 unspecified atom stereocenters. The Morgan fingerprint density at radius 3 is 2.72 bits per heavy atom. The fourth-order valence-corrected chi connectivity index (χ4v) is 2.34. The van der Waals surface area contributed by atoms with Crippen molar-refractivity contribution in [2.24, 2.45) is 5.92 Å². The molecule has 1 aromatic carbocycles. The summed E-state index contributed by atoms with van der Waals surface area (Å²) >= 11 is 0. The topological polar surface area (TPSA) is 78.4 Å². The van der Waals surface area contributed by atoms with Crippen molar-refractivity contribution in [3.05, 3.63) is 28.3 Å². The van der Waals surface area contributed by atoms with Crippen LogP contribution in [0.25, 0.3) is 0 Å². The lowest BCUT2D eigenvalue weighted by atomic mass is 9.90. The van der Waals surface area contributed by atoms with Crippen LogP contribution in [0.4, 0.5) is 11.4 Å². The van der Waals surface area contributed by atoms with E-state index in [2.05, 4.69) is 0 Å². The summed E-state index contributed by atoms with van der Waals surface area (Å²) in [5.41, 5.74) is 5.62. The highest BCUT2D eigenvalue weighted by atomic mass is 16.6. The number of hydrogen-bond donors (Lipinski definition) is 1. The molecule has 0 radical (unpaired) electrons. The van der Waals surface area contributed by atoms with Gasteiger partial charge in [0.2, 0.25) is 0 Å². The first-order valence-electron chi connectivity index (χ1n) is 6.33. The van der Waals surface area contributed by atoms with Gasteiger partial charge >= 0.3 is 0 Å². The van der Waals surface area contributed by atoms with Crippen LogP contribution in [0.5, 0.6) is 5.75 Å². The van der Waals surface area contributed by atoms with Gasteiger partial charge in [-0.25, -0.2) is 0 Å². The monoisotopic (exact) mass is 250 g/mol. The van der Waals surface area contributed by atoms with Crippen LogP contribution in [0, 0.1) is 16.0 Å². The number of nitrogens with two attached hydrogens (primary N) is 1. The van der Waals surface area contributed by atoms with E-state index in [0.717, 1.165) is 0 Å². The number of nitro groups is 1. The van der Waals surface area contributed by atoms with Crippen LogP contribution in [0.15, 0.2) is 18.2 Å². The van der Waals surface area contributed by atoms with E-state index in [0.29, 0.717) is 18.3 Å². The summed E-state index contributed by atoms with van der Waals surface area (Å²) < 4.78 is 5.63. The molecule has 1 aliphatic rings. The Hall–Kier alpha value is -1.78. The third kappa shape index (κ3) is 3.12. The van der Waals surface area contributed by atoms with Crippen LogP contribution in [-0.4, -0.2) is 11.5 Å². The third-order valence-corrected chi connectivity index (χ3v) is 3.41. The lowest BCUT2D eigenvalue weighted by molar-refractivity contribution is -0.384. The van der Waals surface area contributed by atoms with Crippen molar-refractivity contribution in [3.63, 3.8) is 0 Å². The van der Waals surface area contributed by atoms with Gasteiger partial charge < -0.3 is 10.5 Å². The summed E-state index contributed by atoms with van der Waals surface area (Å²) in [6.07, 6.45) is 6.21. The molecule has 1 aliphatic carbocycles. The fraction of sp³-hybridized carbons (Fsp3) is 0.538. The van der Waals surface area contributed by atoms with Crippen LogP contribution in [0.2, 0.25) is 0 Å². The number of nitrogen functional groups attached to an aromatic ring is 1. The van der Waals surface area contributed by atoms with E-state index >= 15 is 0 Å². The maximum atomic E-state index is 10.7. The van der Waals surface area contributed by atoms with Gasteiger partial charge in [-0.15, -0.1) is 0 Å². The molecule has 5 heteroatoms. The maximum Gasteiger partial charge on any atom is 0.295 e. The molecule has 0 heterocycles. The van der Waals surface area contributed by atoms with Crippen LogP contribution >= 0.6 is 0 Å². The number of nitro benzene ring substituents is 1. The van der Waals surface area contributed by atoms with Crippen molar-refractivity contribution in [1.82, 2.24) is 0 Å². The van der Waals surface area contributed by atoms with Crippen LogP contribution in [0.1, 0.15) is 32.1 Å². The van der Waals surface area contributed by atoms with Crippen molar-refractivity contribution in [2.45, 2.75) is 32.1 Å². The summed E-state index contributed by atoms with van der Waals surface area (Å²) in [5.74, 6) is 1.11. The molecule has 0 spiro atoms. The van der Waals surface area contributed by atoms with Gasteiger partial charge in [-0.05, 0) is 30.9 Å². The molecule has 1 fully saturated rings. The van der Waals surface area contributed by atoms with E-state index in [1.54, 1.807) is 6.07 Å².